The van der Waals surface area contributed by atoms with E-state index in [4.69, 9.17) is 21.7 Å². The number of rotatable bonds is 6. The van der Waals surface area contributed by atoms with Crippen molar-refractivity contribution in [1.29, 1.82) is 0 Å². The van der Waals surface area contributed by atoms with Crippen LogP contribution in [0.5, 0.6) is 0 Å². The molecule has 0 fully saturated rings. The Balaban J connectivity index is 2.46. The number of allylic oxidation sites excluding steroid dienone is 1. The van der Waals surface area contributed by atoms with Gasteiger partial charge in [0.15, 0.2) is 5.11 Å². The second-order valence-electron chi connectivity index (χ2n) is 5.42. The normalized spacial score (nSPS) is 17.6. The van der Waals surface area contributed by atoms with Crippen molar-refractivity contribution in [2.45, 2.75) is 19.9 Å². The Bertz CT molecular complexity index is 709. The molecule has 0 unspecified atom stereocenters. The van der Waals surface area contributed by atoms with Crippen LogP contribution in [0.25, 0.3) is 0 Å². The monoisotopic (exact) mass is 370 g/mol. The van der Waals surface area contributed by atoms with Crippen LogP contribution in [0.15, 0.2) is 29.5 Å². The Labute approximate surface area is 150 Å². The van der Waals surface area contributed by atoms with Gasteiger partial charge in [0.2, 0.25) is 0 Å². The van der Waals surface area contributed by atoms with E-state index in [2.05, 4.69) is 5.32 Å². The van der Waals surface area contributed by atoms with Crippen molar-refractivity contribution >= 4 is 23.3 Å². The molecule has 1 aromatic carbocycles. The molecular weight excluding hydrogens is 350 g/mol. The largest absolute Gasteiger partial charge is 0.460 e. The molecule has 0 amide bonds. The van der Waals surface area contributed by atoms with E-state index in [1.165, 1.54) is 13.2 Å². The minimum absolute atomic E-state index is 0.0707. The Hall–Kier alpha value is -2.06. The van der Waals surface area contributed by atoms with Crippen molar-refractivity contribution in [3.05, 3.63) is 46.7 Å². The van der Waals surface area contributed by atoms with Gasteiger partial charge < -0.3 is 19.7 Å². The van der Waals surface area contributed by atoms with Gasteiger partial charge in [-0.2, -0.15) is 0 Å². The molecule has 0 spiro atoms. The summed E-state index contributed by atoms with van der Waals surface area (Å²) in [6, 6.07) is 2.35. The molecule has 136 valence electrons. The summed E-state index contributed by atoms with van der Waals surface area (Å²) >= 11 is 5.31. The SMILES string of the molecule is CCN1C(=S)N[C@H](c2ccc(F)cc2F)C(C(=O)OCCOC)=C1C. The molecule has 0 saturated carbocycles. The van der Waals surface area contributed by atoms with Gasteiger partial charge in [-0.3, -0.25) is 0 Å². The molecular formula is C17H20F2N2O3S. The zero-order valence-electron chi connectivity index (χ0n) is 14.3. The second kappa shape index (κ2) is 8.35. The predicted molar refractivity (Wildman–Crippen MR) is 92.7 cm³/mol. The minimum atomic E-state index is -0.856. The number of carbonyl (C=O) groups excluding carboxylic acids is 1. The van der Waals surface area contributed by atoms with Crippen molar-refractivity contribution in [3.63, 3.8) is 0 Å². The summed E-state index contributed by atoms with van der Waals surface area (Å²) in [5.74, 6) is -2.06. The number of methoxy groups -OCH3 is 1. The molecule has 1 heterocycles. The van der Waals surface area contributed by atoms with Crippen LogP contribution in [0.4, 0.5) is 8.78 Å². The van der Waals surface area contributed by atoms with Crippen LogP contribution in [0, 0.1) is 11.6 Å². The second-order valence-corrected chi connectivity index (χ2v) is 5.81. The number of hydrogen-bond acceptors (Lipinski definition) is 4. The number of benzene rings is 1. The molecule has 0 radical (unpaired) electrons. The van der Waals surface area contributed by atoms with Crippen LogP contribution in [0.2, 0.25) is 0 Å². The van der Waals surface area contributed by atoms with Gasteiger partial charge in [0.05, 0.1) is 18.2 Å². The molecule has 2 rings (SSSR count). The quantitative estimate of drug-likeness (QED) is 0.472. The molecule has 0 saturated heterocycles. The summed E-state index contributed by atoms with van der Waals surface area (Å²) in [5.41, 5.74) is 0.928. The maximum absolute atomic E-state index is 14.3. The van der Waals surface area contributed by atoms with Gasteiger partial charge in [0.25, 0.3) is 0 Å². The van der Waals surface area contributed by atoms with Gasteiger partial charge in [-0.25, -0.2) is 13.6 Å². The van der Waals surface area contributed by atoms with Crippen molar-refractivity contribution in [1.82, 2.24) is 10.2 Å². The van der Waals surface area contributed by atoms with E-state index >= 15 is 0 Å². The third-order valence-corrected chi connectivity index (χ3v) is 4.26. The Morgan fingerprint density at radius 2 is 2.08 bits per heavy atom. The molecule has 8 heteroatoms. The molecule has 1 N–H and O–H groups in total. The summed E-state index contributed by atoms with van der Waals surface area (Å²) < 4.78 is 37.6. The van der Waals surface area contributed by atoms with Crippen molar-refractivity contribution < 1.29 is 23.0 Å². The van der Waals surface area contributed by atoms with Gasteiger partial charge >= 0.3 is 5.97 Å². The molecule has 0 aliphatic carbocycles. The Kier molecular flexibility index (Phi) is 6.44. The lowest BCUT2D eigenvalue weighted by Crippen LogP contribution is -2.48. The standard InChI is InChI=1S/C17H20F2N2O3S/c1-4-21-10(2)14(16(22)24-8-7-23-3)15(20-17(21)25)12-6-5-11(18)9-13(12)19/h5-6,9,15H,4,7-8H2,1-3H3,(H,20,25)/t15-/m1/s1. The molecule has 1 aliphatic rings. The molecule has 1 aromatic rings. The molecule has 0 bridgehead atoms. The zero-order valence-corrected chi connectivity index (χ0v) is 15.1. The van der Waals surface area contributed by atoms with Gasteiger partial charge in [0.1, 0.15) is 18.2 Å². The van der Waals surface area contributed by atoms with E-state index in [1.807, 2.05) is 6.92 Å². The van der Waals surface area contributed by atoms with Crippen LogP contribution < -0.4 is 5.32 Å². The predicted octanol–water partition coefficient (Wildman–Crippen LogP) is 2.68. The number of hydrogen-bond donors (Lipinski definition) is 1. The molecule has 5 nitrogen and oxygen atoms in total. The fourth-order valence-electron chi connectivity index (χ4n) is 2.69. The number of carbonyl (C=O) groups is 1. The topological polar surface area (TPSA) is 50.8 Å². The summed E-state index contributed by atoms with van der Waals surface area (Å²) in [6.45, 7) is 4.45. The summed E-state index contributed by atoms with van der Waals surface area (Å²) in [6.07, 6.45) is 0. The van der Waals surface area contributed by atoms with Gasteiger partial charge in [-0.1, -0.05) is 6.07 Å². The molecule has 25 heavy (non-hydrogen) atoms. The Morgan fingerprint density at radius 3 is 2.68 bits per heavy atom. The smallest absolute Gasteiger partial charge is 0.338 e. The maximum Gasteiger partial charge on any atom is 0.338 e. The number of esters is 1. The molecule has 0 aromatic heterocycles. The highest BCUT2D eigenvalue weighted by Crippen LogP contribution is 2.32. The van der Waals surface area contributed by atoms with Crippen molar-refractivity contribution in [2.24, 2.45) is 0 Å². The number of halogens is 2. The first kappa shape index (κ1) is 19.3. The number of nitrogens with zero attached hydrogens (tertiary/aromatic N) is 1. The maximum atomic E-state index is 14.3. The van der Waals surface area contributed by atoms with E-state index < -0.39 is 23.6 Å². The fourth-order valence-corrected chi connectivity index (χ4v) is 3.07. The first-order chi connectivity index (χ1) is 11.9. The number of thiocarbonyl (C=S) groups is 1. The minimum Gasteiger partial charge on any atom is -0.460 e. The summed E-state index contributed by atoms with van der Waals surface area (Å²) in [5, 5.41) is 3.31. The molecule has 1 atom stereocenters. The van der Waals surface area contributed by atoms with E-state index in [1.54, 1.807) is 11.8 Å². The highest BCUT2D eigenvalue weighted by molar-refractivity contribution is 7.80. The van der Waals surface area contributed by atoms with Gasteiger partial charge in [-0.05, 0) is 32.1 Å². The average Bonchev–Trinajstić information content (AvgIpc) is 2.55. The fraction of sp³-hybridized carbons (Fsp3) is 0.412. The van der Waals surface area contributed by atoms with Crippen LogP contribution in [-0.2, 0) is 14.3 Å². The lowest BCUT2D eigenvalue weighted by Gasteiger charge is -2.37. The number of ether oxygens (including phenoxy) is 2. The Morgan fingerprint density at radius 1 is 1.36 bits per heavy atom. The molecule has 1 aliphatic heterocycles. The zero-order chi connectivity index (χ0) is 18.6. The van der Waals surface area contributed by atoms with Crippen molar-refractivity contribution in [3.8, 4) is 0 Å². The van der Waals surface area contributed by atoms with Gasteiger partial charge in [0, 0.05) is 31.0 Å². The van der Waals surface area contributed by atoms with Crippen LogP contribution in [0.3, 0.4) is 0 Å². The average molecular weight is 370 g/mol. The van der Waals surface area contributed by atoms with Crippen molar-refractivity contribution in [2.75, 3.05) is 26.9 Å². The van der Waals surface area contributed by atoms with E-state index in [9.17, 15) is 13.6 Å². The van der Waals surface area contributed by atoms with Crippen LogP contribution >= 0.6 is 12.2 Å². The summed E-state index contributed by atoms with van der Waals surface area (Å²) in [7, 11) is 1.49. The third-order valence-electron chi connectivity index (χ3n) is 3.93. The summed E-state index contributed by atoms with van der Waals surface area (Å²) in [4.78, 5) is 14.3. The first-order valence-electron chi connectivity index (χ1n) is 7.80. The van der Waals surface area contributed by atoms with Crippen LogP contribution in [-0.4, -0.2) is 42.8 Å². The number of nitrogens with one attached hydrogen (secondary N) is 1. The highest BCUT2D eigenvalue weighted by Gasteiger charge is 2.35. The first-order valence-corrected chi connectivity index (χ1v) is 8.21. The van der Waals surface area contributed by atoms with E-state index in [-0.39, 0.29) is 24.4 Å². The van der Waals surface area contributed by atoms with Crippen LogP contribution in [0.1, 0.15) is 25.5 Å². The van der Waals surface area contributed by atoms with E-state index in [0.29, 0.717) is 17.4 Å². The third kappa shape index (κ3) is 4.13. The van der Waals surface area contributed by atoms with Gasteiger partial charge in [-0.15, -0.1) is 0 Å². The lowest BCUT2D eigenvalue weighted by atomic mass is 9.94. The van der Waals surface area contributed by atoms with E-state index in [0.717, 1.165) is 12.1 Å². The lowest BCUT2D eigenvalue weighted by molar-refractivity contribution is -0.140. The highest BCUT2D eigenvalue weighted by atomic mass is 32.1.